The monoisotopic (exact) mass is 335 g/mol. The van der Waals surface area contributed by atoms with E-state index < -0.39 is 11.7 Å². The zero-order valence-electron chi connectivity index (χ0n) is 10.7. The Morgan fingerprint density at radius 2 is 1.81 bits per heavy atom. The van der Waals surface area contributed by atoms with Gasteiger partial charge in [-0.3, -0.25) is 0 Å². The van der Waals surface area contributed by atoms with Crippen LogP contribution in [0.4, 0.5) is 30.4 Å². The molecule has 0 spiro atoms. The van der Waals surface area contributed by atoms with Crippen molar-refractivity contribution < 1.29 is 13.2 Å². The summed E-state index contributed by atoms with van der Waals surface area (Å²) in [7, 11) is 0. The minimum absolute atomic E-state index is 0.00180. The third-order valence-corrected chi connectivity index (χ3v) is 3.29. The molecule has 21 heavy (non-hydrogen) atoms. The summed E-state index contributed by atoms with van der Waals surface area (Å²) < 4.78 is 39.0. The van der Waals surface area contributed by atoms with Crippen LogP contribution < -0.4 is 11.1 Å². The van der Waals surface area contributed by atoms with Gasteiger partial charge in [-0.05, 0) is 31.2 Å². The second kappa shape index (κ2) is 5.61. The zero-order chi connectivity index (χ0) is 15.8. The number of anilines is 3. The third-order valence-electron chi connectivity index (χ3n) is 2.75. The van der Waals surface area contributed by atoms with Gasteiger partial charge >= 0.3 is 6.18 Å². The van der Waals surface area contributed by atoms with Crippen LogP contribution in [0.5, 0.6) is 0 Å². The number of pyridine rings is 1. The molecule has 3 nitrogen and oxygen atoms in total. The van der Waals surface area contributed by atoms with Crippen LogP contribution in [0, 0.1) is 6.92 Å². The number of nitrogens with one attached hydrogen (secondary N) is 1. The van der Waals surface area contributed by atoms with Crippen molar-refractivity contribution in [3.8, 4) is 0 Å². The highest BCUT2D eigenvalue weighted by Gasteiger charge is 2.34. The number of nitrogen functional groups attached to an aromatic ring is 1. The van der Waals surface area contributed by atoms with E-state index >= 15 is 0 Å². The van der Waals surface area contributed by atoms with Crippen LogP contribution in [-0.4, -0.2) is 4.98 Å². The first-order chi connectivity index (χ1) is 9.68. The van der Waals surface area contributed by atoms with Crippen molar-refractivity contribution in [2.24, 2.45) is 0 Å². The molecule has 2 aromatic rings. The maximum atomic E-state index is 13.0. The average molecular weight is 336 g/mol. The molecule has 0 unspecified atom stereocenters. The van der Waals surface area contributed by atoms with E-state index in [1.165, 1.54) is 18.2 Å². The number of halogens is 5. The Bertz CT molecular complexity index is 687. The number of benzene rings is 1. The van der Waals surface area contributed by atoms with E-state index in [0.29, 0.717) is 11.4 Å². The Morgan fingerprint density at radius 1 is 1.14 bits per heavy atom. The van der Waals surface area contributed by atoms with Crippen molar-refractivity contribution in [2.45, 2.75) is 13.1 Å². The molecule has 0 aliphatic carbocycles. The van der Waals surface area contributed by atoms with Gasteiger partial charge in [0.25, 0.3) is 0 Å². The molecule has 0 amide bonds. The van der Waals surface area contributed by atoms with Gasteiger partial charge in [-0.2, -0.15) is 13.2 Å². The second-order valence-electron chi connectivity index (χ2n) is 4.30. The van der Waals surface area contributed by atoms with Crippen molar-refractivity contribution >= 4 is 40.4 Å². The maximum absolute atomic E-state index is 13.0. The summed E-state index contributed by atoms with van der Waals surface area (Å²) in [6, 6.07) is 4.88. The third kappa shape index (κ3) is 3.51. The van der Waals surface area contributed by atoms with Crippen LogP contribution in [-0.2, 0) is 6.18 Å². The number of rotatable bonds is 2. The summed E-state index contributed by atoms with van der Waals surface area (Å²) in [6.45, 7) is 1.61. The molecule has 0 fully saturated rings. The predicted molar refractivity (Wildman–Crippen MR) is 78.1 cm³/mol. The summed E-state index contributed by atoms with van der Waals surface area (Å²) >= 11 is 11.5. The van der Waals surface area contributed by atoms with Crippen LogP contribution in [0.2, 0.25) is 10.0 Å². The van der Waals surface area contributed by atoms with Gasteiger partial charge in [-0.1, -0.05) is 23.2 Å². The number of hydrogen-bond acceptors (Lipinski definition) is 3. The summed E-state index contributed by atoms with van der Waals surface area (Å²) in [6.07, 6.45) is -4.54. The fraction of sp³-hybridized carbons (Fsp3) is 0.154. The van der Waals surface area contributed by atoms with E-state index in [4.69, 9.17) is 28.9 Å². The SMILES string of the molecule is Cc1nc(N)c(Cl)cc1Nc1ccc(Cl)cc1C(F)(F)F. The van der Waals surface area contributed by atoms with Crippen LogP contribution in [0.1, 0.15) is 11.3 Å². The number of nitrogens with two attached hydrogens (primary N) is 1. The van der Waals surface area contributed by atoms with Gasteiger partial charge in [0.2, 0.25) is 0 Å². The van der Waals surface area contributed by atoms with E-state index in [1.54, 1.807) is 6.92 Å². The lowest BCUT2D eigenvalue weighted by Gasteiger charge is -2.16. The summed E-state index contributed by atoms with van der Waals surface area (Å²) in [5, 5.41) is 2.82. The van der Waals surface area contributed by atoms with Gasteiger partial charge in [0.15, 0.2) is 0 Å². The molecule has 112 valence electrons. The average Bonchev–Trinajstić information content (AvgIpc) is 2.36. The molecule has 0 bridgehead atoms. The number of nitrogens with zero attached hydrogens (tertiary/aromatic N) is 1. The first kappa shape index (κ1) is 15.7. The molecule has 8 heteroatoms. The van der Waals surface area contributed by atoms with Crippen LogP contribution in [0.3, 0.4) is 0 Å². The molecular formula is C13H10Cl2F3N3. The minimum atomic E-state index is -4.54. The smallest absolute Gasteiger partial charge is 0.382 e. The highest BCUT2D eigenvalue weighted by atomic mass is 35.5. The first-order valence-corrected chi connectivity index (χ1v) is 6.50. The van der Waals surface area contributed by atoms with E-state index in [9.17, 15) is 13.2 Å². The fourth-order valence-electron chi connectivity index (χ4n) is 1.73. The van der Waals surface area contributed by atoms with Crippen molar-refractivity contribution in [2.75, 3.05) is 11.1 Å². The van der Waals surface area contributed by atoms with Crippen molar-refractivity contribution in [1.82, 2.24) is 4.98 Å². The van der Waals surface area contributed by atoms with Crippen LogP contribution in [0.25, 0.3) is 0 Å². The van der Waals surface area contributed by atoms with Gasteiger partial charge in [0.1, 0.15) is 5.82 Å². The van der Waals surface area contributed by atoms with Crippen molar-refractivity contribution in [3.05, 3.63) is 45.6 Å². The first-order valence-electron chi connectivity index (χ1n) is 5.75. The summed E-state index contributed by atoms with van der Waals surface area (Å²) in [5.41, 5.74) is 5.29. The molecule has 0 saturated heterocycles. The van der Waals surface area contributed by atoms with Crippen LogP contribution >= 0.6 is 23.2 Å². The van der Waals surface area contributed by atoms with E-state index in [1.807, 2.05) is 0 Å². The lowest BCUT2D eigenvalue weighted by Crippen LogP contribution is -2.09. The highest BCUT2D eigenvalue weighted by Crippen LogP contribution is 2.38. The quantitative estimate of drug-likeness (QED) is 0.808. The summed E-state index contributed by atoms with van der Waals surface area (Å²) in [4.78, 5) is 3.95. The predicted octanol–water partition coefficient (Wildman–Crippen LogP) is 5.04. The lowest BCUT2D eigenvalue weighted by molar-refractivity contribution is -0.136. The normalized spacial score (nSPS) is 11.5. The Labute approximate surface area is 128 Å². The van der Waals surface area contributed by atoms with Gasteiger partial charge in [-0.15, -0.1) is 0 Å². The topological polar surface area (TPSA) is 50.9 Å². The lowest BCUT2D eigenvalue weighted by atomic mass is 10.1. The number of aryl methyl sites for hydroxylation is 1. The van der Waals surface area contributed by atoms with E-state index in [2.05, 4.69) is 10.3 Å². The zero-order valence-corrected chi connectivity index (χ0v) is 12.2. The molecule has 1 aromatic heterocycles. The molecule has 2 rings (SSSR count). The Hall–Kier alpha value is -1.66. The molecular weight excluding hydrogens is 326 g/mol. The summed E-state index contributed by atoms with van der Waals surface area (Å²) in [5.74, 6) is 0.117. The number of aromatic nitrogens is 1. The highest BCUT2D eigenvalue weighted by molar-refractivity contribution is 6.33. The molecule has 0 radical (unpaired) electrons. The van der Waals surface area contributed by atoms with Gasteiger partial charge < -0.3 is 11.1 Å². The molecule has 0 aliphatic heterocycles. The van der Waals surface area contributed by atoms with Crippen molar-refractivity contribution in [1.29, 1.82) is 0 Å². The molecule has 0 aliphatic rings. The fourth-order valence-corrected chi connectivity index (χ4v) is 2.05. The van der Waals surface area contributed by atoms with Gasteiger partial charge in [0, 0.05) is 5.02 Å². The Kier molecular flexibility index (Phi) is 4.20. The molecule has 3 N–H and O–H groups in total. The molecule has 1 heterocycles. The van der Waals surface area contributed by atoms with Crippen molar-refractivity contribution in [3.63, 3.8) is 0 Å². The Balaban J connectivity index is 2.47. The number of hydrogen-bond donors (Lipinski definition) is 2. The van der Waals surface area contributed by atoms with Crippen LogP contribution in [0.15, 0.2) is 24.3 Å². The Morgan fingerprint density at radius 3 is 2.43 bits per heavy atom. The minimum Gasteiger partial charge on any atom is -0.382 e. The molecule has 1 aromatic carbocycles. The number of alkyl halides is 3. The molecule has 0 saturated carbocycles. The second-order valence-corrected chi connectivity index (χ2v) is 5.14. The maximum Gasteiger partial charge on any atom is 0.418 e. The van der Waals surface area contributed by atoms with E-state index in [0.717, 1.165) is 6.07 Å². The van der Waals surface area contributed by atoms with E-state index in [-0.39, 0.29) is 21.6 Å². The van der Waals surface area contributed by atoms with Gasteiger partial charge in [0.05, 0.1) is 27.7 Å². The molecule has 0 atom stereocenters. The van der Waals surface area contributed by atoms with Gasteiger partial charge in [-0.25, -0.2) is 4.98 Å². The largest absolute Gasteiger partial charge is 0.418 e. The standard InChI is InChI=1S/C13H10Cl2F3N3/c1-6-11(5-9(15)12(19)20-6)21-10-3-2-7(14)4-8(10)13(16,17)18/h2-5,21H,1H3,(H2,19,20).